The molecule has 7 heteroatoms. The summed E-state index contributed by atoms with van der Waals surface area (Å²) in [6.45, 7) is 0.0463. The number of nitrogens with one attached hydrogen (secondary N) is 1. The fourth-order valence-corrected chi connectivity index (χ4v) is 3.09. The number of benzene rings is 3. The Morgan fingerprint density at radius 2 is 1.83 bits per heavy atom. The summed E-state index contributed by atoms with van der Waals surface area (Å²) in [7, 11) is 0. The monoisotopic (exact) mass is 406 g/mol. The predicted molar refractivity (Wildman–Crippen MR) is 110 cm³/mol. The Kier molecular flexibility index (Phi) is 5.61. The van der Waals surface area contributed by atoms with Gasteiger partial charge in [-0.05, 0) is 48.0 Å². The van der Waals surface area contributed by atoms with Crippen LogP contribution in [0.3, 0.4) is 0 Å². The van der Waals surface area contributed by atoms with Crippen molar-refractivity contribution in [3.8, 4) is 11.5 Å². The first-order chi connectivity index (χ1) is 14.6. The topological polar surface area (TPSA) is 67.9 Å². The molecule has 0 aliphatic carbocycles. The molecule has 0 spiro atoms. The minimum absolute atomic E-state index is 0.0786. The lowest BCUT2D eigenvalue weighted by Gasteiger charge is -2.30. The molecule has 0 bridgehead atoms. The van der Waals surface area contributed by atoms with Crippen molar-refractivity contribution >= 4 is 23.2 Å². The highest BCUT2D eigenvalue weighted by Crippen LogP contribution is 2.35. The van der Waals surface area contributed by atoms with Gasteiger partial charge in [-0.15, -0.1) is 0 Å². The number of anilines is 2. The van der Waals surface area contributed by atoms with Crippen molar-refractivity contribution in [1.82, 2.24) is 0 Å². The van der Waals surface area contributed by atoms with Crippen LogP contribution in [0.1, 0.15) is 5.56 Å². The van der Waals surface area contributed by atoms with Crippen LogP contribution in [0.2, 0.25) is 0 Å². The largest absolute Gasteiger partial charge is 0.484 e. The van der Waals surface area contributed by atoms with Crippen molar-refractivity contribution in [3.05, 3.63) is 84.2 Å². The zero-order chi connectivity index (χ0) is 20.9. The number of halogens is 1. The van der Waals surface area contributed by atoms with Gasteiger partial charge in [-0.1, -0.05) is 30.3 Å². The van der Waals surface area contributed by atoms with E-state index in [0.29, 0.717) is 22.9 Å². The van der Waals surface area contributed by atoms with Crippen LogP contribution in [0.25, 0.3) is 0 Å². The van der Waals surface area contributed by atoms with Gasteiger partial charge in [0.25, 0.3) is 11.8 Å². The molecule has 1 aliphatic rings. The molecule has 6 nitrogen and oxygen atoms in total. The fraction of sp³-hybridized carbons (Fsp3) is 0.130. The Labute approximate surface area is 172 Å². The smallest absolute Gasteiger partial charge is 0.265 e. The molecule has 3 aromatic rings. The van der Waals surface area contributed by atoms with Crippen LogP contribution in [-0.2, 0) is 16.1 Å². The van der Waals surface area contributed by atoms with Gasteiger partial charge in [-0.25, -0.2) is 4.39 Å². The molecule has 0 aromatic heterocycles. The lowest BCUT2D eigenvalue weighted by molar-refractivity contribution is -0.121. The number of amides is 2. The van der Waals surface area contributed by atoms with E-state index < -0.39 is 0 Å². The normalized spacial score (nSPS) is 12.7. The number of rotatable bonds is 6. The van der Waals surface area contributed by atoms with E-state index in [1.165, 1.54) is 12.1 Å². The molecule has 0 saturated heterocycles. The van der Waals surface area contributed by atoms with Crippen molar-refractivity contribution in [2.24, 2.45) is 0 Å². The fourth-order valence-electron chi connectivity index (χ4n) is 3.09. The molecule has 1 heterocycles. The van der Waals surface area contributed by atoms with E-state index in [1.807, 2.05) is 18.2 Å². The first-order valence-corrected chi connectivity index (χ1v) is 9.38. The molecular formula is C23H19FN2O4. The Bertz CT molecular complexity index is 1050. The summed E-state index contributed by atoms with van der Waals surface area (Å²) in [6.07, 6.45) is 0. The lowest BCUT2D eigenvalue weighted by Crippen LogP contribution is -2.38. The maximum Gasteiger partial charge on any atom is 0.265 e. The number of hydrogen-bond donors (Lipinski definition) is 1. The summed E-state index contributed by atoms with van der Waals surface area (Å²) in [5.74, 6) is 0.252. The first-order valence-electron chi connectivity index (χ1n) is 9.38. The van der Waals surface area contributed by atoms with Crippen LogP contribution in [0.5, 0.6) is 11.5 Å². The Morgan fingerprint density at radius 3 is 2.60 bits per heavy atom. The number of ether oxygens (including phenoxy) is 2. The molecule has 30 heavy (non-hydrogen) atoms. The van der Waals surface area contributed by atoms with Crippen molar-refractivity contribution in [2.75, 3.05) is 23.4 Å². The molecule has 0 unspecified atom stereocenters. The van der Waals surface area contributed by atoms with E-state index in [1.54, 1.807) is 47.4 Å². The third kappa shape index (κ3) is 4.57. The maximum atomic E-state index is 13.2. The molecule has 1 aliphatic heterocycles. The number of fused-ring (bicyclic) bond motifs is 1. The van der Waals surface area contributed by atoms with E-state index in [4.69, 9.17) is 9.47 Å². The van der Waals surface area contributed by atoms with Gasteiger partial charge in [-0.3, -0.25) is 9.59 Å². The second-order valence-corrected chi connectivity index (χ2v) is 6.73. The number of carbonyl (C=O) groups excluding carboxylic acids is 2. The summed E-state index contributed by atoms with van der Waals surface area (Å²) >= 11 is 0. The predicted octanol–water partition coefficient (Wildman–Crippen LogP) is 3.77. The highest BCUT2D eigenvalue weighted by Gasteiger charge is 2.26. The Hall–Kier alpha value is -3.87. The van der Waals surface area contributed by atoms with Crippen LogP contribution >= 0.6 is 0 Å². The summed E-state index contributed by atoms with van der Waals surface area (Å²) in [6, 6.07) is 20.1. The molecule has 0 radical (unpaired) electrons. The summed E-state index contributed by atoms with van der Waals surface area (Å²) in [5, 5.41) is 2.76. The molecule has 2 amide bonds. The summed E-state index contributed by atoms with van der Waals surface area (Å²) in [5.41, 5.74) is 1.83. The maximum absolute atomic E-state index is 13.2. The number of nitrogens with zero attached hydrogens (tertiary/aromatic N) is 1. The lowest BCUT2D eigenvalue weighted by atomic mass is 10.1. The van der Waals surface area contributed by atoms with Gasteiger partial charge >= 0.3 is 0 Å². The Morgan fingerprint density at radius 1 is 1.07 bits per heavy atom. The second-order valence-electron chi connectivity index (χ2n) is 6.73. The highest BCUT2D eigenvalue weighted by atomic mass is 19.1. The molecule has 4 rings (SSSR count). The number of para-hydroxylation sites is 1. The van der Waals surface area contributed by atoms with Gasteiger partial charge < -0.3 is 19.7 Å². The van der Waals surface area contributed by atoms with Gasteiger partial charge in [0.05, 0.1) is 12.2 Å². The molecule has 152 valence electrons. The van der Waals surface area contributed by atoms with Crippen molar-refractivity contribution in [2.45, 2.75) is 6.54 Å². The first kappa shape index (κ1) is 19.4. The van der Waals surface area contributed by atoms with Crippen molar-refractivity contribution < 1.29 is 23.5 Å². The Balaban J connectivity index is 1.47. The SMILES string of the molecule is O=C(COc1ccccc1)Nc1ccc2c(c1)N(Cc1ccc(F)cc1)C(=O)CO2. The third-order valence-electron chi connectivity index (χ3n) is 4.55. The van der Waals surface area contributed by atoms with Crippen LogP contribution in [0.4, 0.5) is 15.8 Å². The average Bonchev–Trinajstić information content (AvgIpc) is 2.76. The molecule has 3 aromatic carbocycles. The van der Waals surface area contributed by atoms with E-state index in [9.17, 15) is 14.0 Å². The standard InChI is InChI=1S/C23H19FN2O4/c24-17-8-6-16(7-9-17)13-26-20-12-18(10-11-21(20)30-15-23(26)28)25-22(27)14-29-19-4-2-1-3-5-19/h1-12H,13-15H2,(H,25,27). The van der Waals surface area contributed by atoms with Crippen LogP contribution in [0.15, 0.2) is 72.8 Å². The van der Waals surface area contributed by atoms with E-state index >= 15 is 0 Å². The minimum Gasteiger partial charge on any atom is -0.484 e. The van der Waals surface area contributed by atoms with Gasteiger partial charge in [0.1, 0.15) is 17.3 Å². The van der Waals surface area contributed by atoms with E-state index in [-0.39, 0.29) is 37.4 Å². The zero-order valence-electron chi connectivity index (χ0n) is 16.0. The van der Waals surface area contributed by atoms with Crippen LogP contribution in [0, 0.1) is 5.82 Å². The summed E-state index contributed by atoms with van der Waals surface area (Å²) < 4.78 is 24.1. The molecular weight excluding hydrogens is 387 g/mol. The third-order valence-corrected chi connectivity index (χ3v) is 4.55. The van der Waals surface area contributed by atoms with E-state index in [0.717, 1.165) is 5.56 Å². The number of carbonyl (C=O) groups is 2. The van der Waals surface area contributed by atoms with Gasteiger partial charge in [0.2, 0.25) is 0 Å². The highest BCUT2D eigenvalue weighted by molar-refractivity contribution is 5.99. The average molecular weight is 406 g/mol. The number of hydrogen-bond acceptors (Lipinski definition) is 4. The zero-order valence-corrected chi connectivity index (χ0v) is 16.0. The quantitative estimate of drug-likeness (QED) is 0.677. The molecule has 0 saturated carbocycles. The van der Waals surface area contributed by atoms with Crippen molar-refractivity contribution in [3.63, 3.8) is 0 Å². The van der Waals surface area contributed by atoms with E-state index in [2.05, 4.69) is 5.32 Å². The second kappa shape index (κ2) is 8.65. The van der Waals surface area contributed by atoms with Crippen LogP contribution in [-0.4, -0.2) is 25.0 Å². The minimum atomic E-state index is -0.338. The van der Waals surface area contributed by atoms with Gasteiger partial charge in [-0.2, -0.15) is 0 Å². The van der Waals surface area contributed by atoms with Crippen LogP contribution < -0.4 is 19.7 Å². The summed E-state index contributed by atoms with van der Waals surface area (Å²) in [4.78, 5) is 26.2. The molecule has 0 atom stereocenters. The van der Waals surface area contributed by atoms with Crippen molar-refractivity contribution in [1.29, 1.82) is 0 Å². The van der Waals surface area contributed by atoms with Gasteiger partial charge in [0, 0.05) is 5.69 Å². The molecule has 0 fully saturated rings. The molecule has 1 N–H and O–H groups in total. The van der Waals surface area contributed by atoms with Gasteiger partial charge in [0.15, 0.2) is 13.2 Å².